The van der Waals surface area contributed by atoms with E-state index in [0.717, 1.165) is 13.1 Å². The first-order valence-corrected chi connectivity index (χ1v) is 9.58. The standard InChI is InChI=1S/C22H29N3O2/c1-16(2)27-20-11-6-5-10-19(20)23-22(26)25-14-12-24(13-15-25)21-17(3)8-7-9-18(21)4/h5-11,16H,12-15H2,1-4H3,(H,23,26). The molecule has 1 aliphatic rings. The highest BCUT2D eigenvalue weighted by Crippen LogP contribution is 2.27. The van der Waals surface area contributed by atoms with Crippen LogP contribution in [0.2, 0.25) is 0 Å². The van der Waals surface area contributed by atoms with E-state index in [-0.39, 0.29) is 12.1 Å². The van der Waals surface area contributed by atoms with Gasteiger partial charge in [-0.3, -0.25) is 0 Å². The number of carbonyl (C=O) groups is 1. The number of hydrogen-bond donors (Lipinski definition) is 1. The van der Waals surface area contributed by atoms with Gasteiger partial charge in [0.05, 0.1) is 11.8 Å². The molecule has 144 valence electrons. The first-order chi connectivity index (χ1) is 13.0. The summed E-state index contributed by atoms with van der Waals surface area (Å²) in [6.45, 7) is 11.3. The first-order valence-electron chi connectivity index (χ1n) is 9.58. The number of nitrogens with one attached hydrogen (secondary N) is 1. The predicted octanol–water partition coefficient (Wildman–Crippen LogP) is 4.44. The topological polar surface area (TPSA) is 44.8 Å². The van der Waals surface area contributed by atoms with Crippen LogP contribution >= 0.6 is 0 Å². The Kier molecular flexibility index (Phi) is 5.89. The van der Waals surface area contributed by atoms with Crippen LogP contribution in [0.25, 0.3) is 0 Å². The van der Waals surface area contributed by atoms with Gasteiger partial charge in [-0.15, -0.1) is 0 Å². The molecule has 1 saturated heterocycles. The zero-order valence-corrected chi connectivity index (χ0v) is 16.7. The minimum absolute atomic E-state index is 0.0592. The summed E-state index contributed by atoms with van der Waals surface area (Å²) in [6.07, 6.45) is 0.0592. The molecular weight excluding hydrogens is 338 g/mol. The third-order valence-electron chi connectivity index (χ3n) is 4.81. The van der Waals surface area contributed by atoms with Crippen LogP contribution in [0.15, 0.2) is 42.5 Å². The van der Waals surface area contributed by atoms with Crippen LogP contribution in [-0.2, 0) is 0 Å². The number of benzene rings is 2. The van der Waals surface area contributed by atoms with Crippen LogP contribution in [-0.4, -0.2) is 43.2 Å². The quantitative estimate of drug-likeness (QED) is 0.869. The number of urea groups is 1. The Hall–Kier alpha value is -2.69. The lowest BCUT2D eigenvalue weighted by atomic mass is 10.1. The molecular formula is C22H29N3O2. The van der Waals surface area contributed by atoms with E-state index in [1.165, 1.54) is 16.8 Å². The van der Waals surface area contributed by atoms with E-state index in [9.17, 15) is 4.79 Å². The molecule has 0 unspecified atom stereocenters. The van der Waals surface area contributed by atoms with Crippen molar-refractivity contribution in [1.82, 2.24) is 4.90 Å². The van der Waals surface area contributed by atoms with Gasteiger partial charge >= 0.3 is 6.03 Å². The van der Waals surface area contributed by atoms with Crippen molar-refractivity contribution < 1.29 is 9.53 Å². The lowest BCUT2D eigenvalue weighted by Crippen LogP contribution is -2.50. The van der Waals surface area contributed by atoms with Gasteiger partial charge < -0.3 is 19.9 Å². The molecule has 5 heteroatoms. The second kappa shape index (κ2) is 8.33. The van der Waals surface area contributed by atoms with Gasteiger partial charge in [0.2, 0.25) is 0 Å². The molecule has 0 aromatic heterocycles. The summed E-state index contributed by atoms with van der Waals surface area (Å²) < 4.78 is 5.79. The van der Waals surface area contributed by atoms with Gasteiger partial charge in [0, 0.05) is 31.9 Å². The van der Waals surface area contributed by atoms with Crippen molar-refractivity contribution in [3.05, 3.63) is 53.6 Å². The first kappa shape index (κ1) is 19.1. The highest BCUT2D eigenvalue weighted by molar-refractivity contribution is 5.91. The normalized spacial score (nSPS) is 14.4. The van der Waals surface area contributed by atoms with Crippen molar-refractivity contribution in [3.63, 3.8) is 0 Å². The Morgan fingerprint density at radius 2 is 1.59 bits per heavy atom. The summed E-state index contributed by atoms with van der Waals surface area (Å²) >= 11 is 0. The second-order valence-corrected chi connectivity index (χ2v) is 7.31. The zero-order valence-electron chi connectivity index (χ0n) is 16.7. The molecule has 0 radical (unpaired) electrons. The Balaban J connectivity index is 1.63. The lowest BCUT2D eigenvalue weighted by molar-refractivity contribution is 0.207. The molecule has 1 heterocycles. The van der Waals surface area contributed by atoms with Crippen molar-refractivity contribution in [2.45, 2.75) is 33.8 Å². The predicted molar refractivity (Wildman–Crippen MR) is 111 cm³/mol. The van der Waals surface area contributed by atoms with E-state index < -0.39 is 0 Å². The zero-order chi connectivity index (χ0) is 19.4. The molecule has 2 aromatic rings. The highest BCUT2D eigenvalue weighted by Gasteiger charge is 2.23. The molecule has 0 bridgehead atoms. The van der Waals surface area contributed by atoms with Crippen molar-refractivity contribution in [2.24, 2.45) is 0 Å². The fourth-order valence-electron chi connectivity index (χ4n) is 3.56. The number of piperazine rings is 1. The molecule has 27 heavy (non-hydrogen) atoms. The van der Waals surface area contributed by atoms with Crippen LogP contribution in [0.4, 0.5) is 16.2 Å². The maximum atomic E-state index is 12.7. The monoisotopic (exact) mass is 367 g/mol. The van der Waals surface area contributed by atoms with Gasteiger partial charge in [-0.05, 0) is 51.0 Å². The maximum Gasteiger partial charge on any atom is 0.322 e. The van der Waals surface area contributed by atoms with Crippen LogP contribution in [0.1, 0.15) is 25.0 Å². The maximum absolute atomic E-state index is 12.7. The summed E-state index contributed by atoms with van der Waals surface area (Å²) in [7, 11) is 0. The lowest BCUT2D eigenvalue weighted by Gasteiger charge is -2.37. The molecule has 1 N–H and O–H groups in total. The Labute approximate surface area is 161 Å². The minimum Gasteiger partial charge on any atom is -0.489 e. The van der Waals surface area contributed by atoms with Gasteiger partial charge in [0.25, 0.3) is 0 Å². The van der Waals surface area contributed by atoms with E-state index in [2.05, 4.69) is 42.3 Å². The van der Waals surface area contributed by atoms with E-state index in [4.69, 9.17) is 4.74 Å². The van der Waals surface area contributed by atoms with Gasteiger partial charge in [0.1, 0.15) is 5.75 Å². The number of carbonyl (C=O) groups excluding carboxylic acids is 1. The Morgan fingerprint density at radius 1 is 0.963 bits per heavy atom. The average molecular weight is 367 g/mol. The van der Waals surface area contributed by atoms with Crippen molar-refractivity contribution in [1.29, 1.82) is 0 Å². The average Bonchev–Trinajstić information content (AvgIpc) is 2.63. The van der Waals surface area contributed by atoms with E-state index in [1.807, 2.05) is 43.0 Å². The molecule has 5 nitrogen and oxygen atoms in total. The van der Waals surface area contributed by atoms with Crippen molar-refractivity contribution >= 4 is 17.4 Å². The van der Waals surface area contributed by atoms with Crippen LogP contribution in [0, 0.1) is 13.8 Å². The highest BCUT2D eigenvalue weighted by atomic mass is 16.5. The molecule has 0 atom stereocenters. The van der Waals surface area contributed by atoms with Gasteiger partial charge in [-0.25, -0.2) is 4.79 Å². The molecule has 0 aliphatic carbocycles. The Bertz CT molecular complexity index is 776. The SMILES string of the molecule is Cc1cccc(C)c1N1CCN(C(=O)Nc2ccccc2OC(C)C)CC1. The van der Waals surface area contributed by atoms with Gasteiger partial charge in [0.15, 0.2) is 0 Å². The third-order valence-corrected chi connectivity index (χ3v) is 4.81. The fraction of sp³-hybridized carbons (Fsp3) is 0.409. The van der Waals surface area contributed by atoms with E-state index in [0.29, 0.717) is 24.5 Å². The number of anilines is 2. The number of hydrogen-bond acceptors (Lipinski definition) is 3. The van der Waals surface area contributed by atoms with Crippen molar-refractivity contribution in [2.75, 3.05) is 36.4 Å². The molecule has 0 saturated carbocycles. The van der Waals surface area contributed by atoms with Gasteiger partial charge in [-0.2, -0.15) is 0 Å². The van der Waals surface area contributed by atoms with Crippen LogP contribution < -0.4 is 15.0 Å². The smallest absolute Gasteiger partial charge is 0.322 e. The van der Waals surface area contributed by atoms with E-state index >= 15 is 0 Å². The summed E-state index contributed by atoms with van der Waals surface area (Å²) in [4.78, 5) is 17.0. The molecule has 1 aliphatic heterocycles. The second-order valence-electron chi connectivity index (χ2n) is 7.31. The Morgan fingerprint density at radius 3 is 2.22 bits per heavy atom. The van der Waals surface area contributed by atoms with Crippen LogP contribution in [0.5, 0.6) is 5.75 Å². The van der Waals surface area contributed by atoms with Gasteiger partial charge in [-0.1, -0.05) is 30.3 Å². The largest absolute Gasteiger partial charge is 0.489 e. The van der Waals surface area contributed by atoms with Crippen LogP contribution in [0.3, 0.4) is 0 Å². The minimum atomic E-state index is -0.0732. The van der Waals surface area contributed by atoms with E-state index in [1.54, 1.807) is 0 Å². The molecule has 1 fully saturated rings. The number of rotatable bonds is 4. The molecule has 3 rings (SSSR count). The number of para-hydroxylation sites is 3. The number of nitrogens with zero attached hydrogens (tertiary/aromatic N) is 2. The summed E-state index contributed by atoms with van der Waals surface area (Å²) in [5, 5.41) is 3.01. The summed E-state index contributed by atoms with van der Waals surface area (Å²) in [5.41, 5.74) is 4.59. The third kappa shape index (κ3) is 4.54. The molecule has 0 spiro atoms. The summed E-state index contributed by atoms with van der Waals surface area (Å²) in [5.74, 6) is 0.704. The van der Waals surface area contributed by atoms with Crippen molar-refractivity contribution in [3.8, 4) is 5.75 Å². The number of aryl methyl sites for hydroxylation is 2. The summed E-state index contributed by atoms with van der Waals surface area (Å²) in [6, 6.07) is 13.9. The number of amides is 2. The fourth-order valence-corrected chi connectivity index (χ4v) is 3.56. The molecule has 2 aromatic carbocycles. The molecule has 2 amide bonds. The number of ether oxygens (including phenoxy) is 1.